The summed E-state index contributed by atoms with van der Waals surface area (Å²) in [4.78, 5) is 48.4. The number of aromatic hydroxyl groups is 1. The maximum Gasteiger partial charge on any atom is 0.322 e. The van der Waals surface area contributed by atoms with Crippen molar-refractivity contribution in [2.24, 2.45) is 5.73 Å². The fourth-order valence-corrected chi connectivity index (χ4v) is 3.07. The molecule has 3 atom stereocenters. The van der Waals surface area contributed by atoms with Crippen LogP contribution in [0.15, 0.2) is 54.6 Å². The van der Waals surface area contributed by atoms with Crippen LogP contribution in [0.4, 0.5) is 0 Å². The molecule has 0 aromatic heterocycles. The summed E-state index contributed by atoms with van der Waals surface area (Å²) in [5.41, 5.74) is 7.45. The van der Waals surface area contributed by atoms with E-state index in [4.69, 9.17) is 10.8 Å². The fourth-order valence-electron chi connectivity index (χ4n) is 3.07. The van der Waals surface area contributed by atoms with E-state index in [0.717, 1.165) is 5.56 Å². The number of nitrogens with two attached hydrogens (primary N) is 1. The van der Waals surface area contributed by atoms with Gasteiger partial charge >= 0.3 is 5.97 Å². The van der Waals surface area contributed by atoms with Crippen LogP contribution in [0, 0.1) is 0 Å². The molecule has 0 aliphatic rings. The van der Waals surface area contributed by atoms with E-state index >= 15 is 0 Å². The van der Waals surface area contributed by atoms with Gasteiger partial charge in [0.15, 0.2) is 0 Å². The number of amides is 3. The Morgan fingerprint density at radius 1 is 0.794 bits per heavy atom. The van der Waals surface area contributed by atoms with Crippen LogP contribution in [0.5, 0.6) is 5.75 Å². The van der Waals surface area contributed by atoms with Gasteiger partial charge in [-0.05, 0) is 29.7 Å². The van der Waals surface area contributed by atoms with Crippen molar-refractivity contribution < 1.29 is 34.5 Å². The summed E-state index contributed by atoms with van der Waals surface area (Å²) in [6.07, 6.45) is 0.238. The van der Waals surface area contributed by atoms with E-state index in [9.17, 15) is 29.4 Å². The third-order valence-corrected chi connectivity index (χ3v) is 4.87. The summed E-state index contributed by atoms with van der Waals surface area (Å²) in [5, 5.41) is 34.6. The summed E-state index contributed by atoms with van der Waals surface area (Å²) in [6.45, 7) is -1.47. The van der Waals surface area contributed by atoms with Crippen molar-refractivity contribution >= 4 is 23.7 Å². The fraction of sp³-hybridized carbons (Fsp3) is 0.304. The predicted octanol–water partition coefficient (Wildman–Crippen LogP) is -1.33. The molecule has 3 unspecified atom stereocenters. The van der Waals surface area contributed by atoms with Crippen LogP contribution in [-0.2, 0) is 32.0 Å². The summed E-state index contributed by atoms with van der Waals surface area (Å²) in [6, 6.07) is 11.5. The second-order valence-electron chi connectivity index (χ2n) is 7.58. The number of phenols is 1. The smallest absolute Gasteiger partial charge is 0.322 e. The summed E-state index contributed by atoms with van der Waals surface area (Å²) in [7, 11) is 0. The predicted molar refractivity (Wildman–Crippen MR) is 122 cm³/mol. The Kier molecular flexibility index (Phi) is 9.99. The van der Waals surface area contributed by atoms with Crippen LogP contribution in [-0.4, -0.2) is 70.3 Å². The highest BCUT2D eigenvalue weighted by Crippen LogP contribution is 2.12. The molecule has 0 fully saturated rings. The number of phenolic OH excluding ortho intramolecular Hbond substituents is 1. The van der Waals surface area contributed by atoms with Crippen molar-refractivity contribution in [1.82, 2.24) is 16.0 Å². The number of hydrogen-bond donors (Lipinski definition) is 7. The van der Waals surface area contributed by atoms with Gasteiger partial charge in [-0.1, -0.05) is 42.5 Å². The van der Waals surface area contributed by atoms with Gasteiger partial charge in [0.1, 0.15) is 24.4 Å². The molecule has 11 nitrogen and oxygen atoms in total. The van der Waals surface area contributed by atoms with Crippen molar-refractivity contribution in [1.29, 1.82) is 0 Å². The maximum atomic E-state index is 12.9. The number of aliphatic hydroxyl groups excluding tert-OH is 1. The SMILES string of the molecule is NC(Cc1ccccc1)C(=O)NC(Cc1ccc(O)cc1)C(=O)NC(CO)C(=O)NCC(=O)O. The third kappa shape index (κ3) is 8.52. The lowest BCUT2D eigenvalue weighted by Gasteiger charge is -2.23. The van der Waals surface area contributed by atoms with Gasteiger partial charge in [-0.2, -0.15) is 0 Å². The molecule has 0 radical (unpaired) electrons. The standard InChI is InChI=1S/C23H28N4O7/c24-17(10-14-4-2-1-3-5-14)21(32)26-18(11-15-6-8-16(29)9-7-15)23(34)27-19(13-28)22(33)25-12-20(30)31/h1-9,17-19,28-29H,10-13,24H2,(H,25,33)(H,26,32)(H,27,34)(H,30,31). The molecule has 0 spiro atoms. The Labute approximate surface area is 196 Å². The lowest BCUT2D eigenvalue weighted by Crippen LogP contribution is -2.57. The van der Waals surface area contributed by atoms with E-state index < -0.39 is 55.0 Å². The van der Waals surface area contributed by atoms with Gasteiger partial charge in [0.05, 0.1) is 12.6 Å². The molecule has 0 saturated carbocycles. The topological polar surface area (TPSA) is 191 Å². The van der Waals surface area contributed by atoms with Crippen molar-refractivity contribution in [3.63, 3.8) is 0 Å². The monoisotopic (exact) mass is 472 g/mol. The van der Waals surface area contributed by atoms with Gasteiger partial charge < -0.3 is 37.0 Å². The van der Waals surface area contributed by atoms with Crippen LogP contribution >= 0.6 is 0 Å². The Morgan fingerprint density at radius 2 is 1.38 bits per heavy atom. The normalized spacial score (nSPS) is 13.2. The number of benzene rings is 2. The van der Waals surface area contributed by atoms with Crippen LogP contribution in [0.1, 0.15) is 11.1 Å². The van der Waals surface area contributed by atoms with Crippen LogP contribution in [0.3, 0.4) is 0 Å². The molecule has 3 amide bonds. The number of rotatable bonds is 12. The number of carbonyl (C=O) groups excluding carboxylic acids is 3. The van der Waals surface area contributed by atoms with Crippen molar-refractivity contribution in [3.05, 3.63) is 65.7 Å². The van der Waals surface area contributed by atoms with Crippen LogP contribution < -0.4 is 21.7 Å². The minimum absolute atomic E-state index is 0.00477. The van der Waals surface area contributed by atoms with Crippen molar-refractivity contribution in [3.8, 4) is 5.75 Å². The zero-order valence-electron chi connectivity index (χ0n) is 18.3. The molecule has 2 rings (SSSR count). The van der Waals surface area contributed by atoms with Crippen molar-refractivity contribution in [2.75, 3.05) is 13.2 Å². The Balaban J connectivity index is 2.12. The zero-order chi connectivity index (χ0) is 25.1. The summed E-state index contributed by atoms with van der Waals surface area (Å²) >= 11 is 0. The van der Waals surface area contributed by atoms with E-state index in [1.54, 1.807) is 12.1 Å². The lowest BCUT2D eigenvalue weighted by atomic mass is 10.0. The Bertz CT molecular complexity index is 983. The van der Waals surface area contributed by atoms with Crippen LogP contribution in [0.25, 0.3) is 0 Å². The number of carbonyl (C=O) groups is 4. The quantitative estimate of drug-likeness (QED) is 0.197. The highest BCUT2D eigenvalue weighted by Gasteiger charge is 2.28. The first-order valence-corrected chi connectivity index (χ1v) is 10.5. The first-order valence-electron chi connectivity index (χ1n) is 10.5. The van der Waals surface area contributed by atoms with Gasteiger partial charge in [-0.25, -0.2) is 0 Å². The van der Waals surface area contributed by atoms with Gasteiger partial charge in [-0.3, -0.25) is 19.2 Å². The van der Waals surface area contributed by atoms with Gasteiger partial charge in [-0.15, -0.1) is 0 Å². The number of carboxylic acids is 1. The first kappa shape index (κ1) is 26.3. The first-order chi connectivity index (χ1) is 16.2. The highest BCUT2D eigenvalue weighted by molar-refractivity contribution is 5.94. The zero-order valence-corrected chi connectivity index (χ0v) is 18.3. The van der Waals surface area contributed by atoms with E-state index in [2.05, 4.69) is 16.0 Å². The average Bonchev–Trinajstić information content (AvgIpc) is 2.82. The molecule has 11 heteroatoms. The molecule has 182 valence electrons. The second-order valence-corrected chi connectivity index (χ2v) is 7.58. The summed E-state index contributed by atoms with van der Waals surface area (Å²) in [5.74, 6) is -3.54. The highest BCUT2D eigenvalue weighted by atomic mass is 16.4. The molecule has 0 aliphatic heterocycles. The van der Waals surface area contributed by atoms with Crippen molar-refractivity contribution in [2.45, 2.75) is 31.0 Å². The molecule has 2 aromatic rings. The number of aliphatic hydroxyl groups is 1. The third-order valence-electron chi connectivity index (χ3n) is 4.87. The molecular weight excluding hydrogens is 444 g/mol. The molecule has 8 N–H and O–H groups in total. The molecule has 0 saturated heterocycles. The number of nitrogens with one attached hydrogen (secondary N) is 3. The van der Waals surface area contributed by atoms with Crippen LogP contribution in [0.2, 0.25) is 0 Å². The lowest BCUT2D eigenvalue weighted by molar-refractivity contribution is -0.138. The molecule has 34 heavy (non-hydrogen) atoms. The minimum Gasteiger partial charge on any atom is -0.508 e. The Morgan fingerprint density at radius 3 is 1.97 bits per heavy atom. The second kappa shape index (κ2) is 12.9. The van der Waals surface area contributed by atoms with E-state index in [1.165, 1.54) is 12.1 Å². The maximum absolute atomic E-state index is 12.9. The number of carboxylic acid groups (broad SMARTS) is 1. The average molecular weight is 472 g/mol. The summed E-state index contributed by atoms with van der Waals surface area (Å²) < 4.78 is 0. The van der Waals surface area contributed by atoms with E-state index in [0.29, 0.717) is 5.56 Å². The molecule has 0 heterocycles. The van der Waals surface area contributed by atoms with E-state index in [-0.39, 0.29) is 18.6 Å². The molecule has 2 aromatic carbocycles. The van der Waals surface area contributed by atoms with Gasteiger partial charge in [0.2, 0.25) is 17.7 Å². The largest absolute Gasteiger partial charge is 0.508 e. The van der Waals surface area contributed by atoms with Gasteiger partial charge in [0.25, 0.3) is 0 Å². The molecule has 0 aliphatic carbocycles. The van der Waals surface area contributed by atoms with E-state index in [1.807, 2.05) is 30.3 Å². The number of hydrogen-bond acceptors (Lipinski definition) is 7. The Hall–Kier alpha value is -3.96. The van der Waals surface area contributed by atoms with Gasteiger partial charge in [0, 0.05) is 6.42 Å². The minimum atomic E-state index is -1.43. The number of aliphatic carboxylic acids is 1. The molecule has 0 bridgehead atoms. The molecular formula is C23H28N4O7.